The maximum Gasteiger partial charge on any atom is 0.251 e. The Balaban J connectivity index is 1.94. The summed E-state index contributed by atoms with van der Waals surface area (Å²) in [5.41, 5.74) is 2.56. The molecule has 0 radical (unpaired) electrons. The fraction of sp³-hybridized carbons (Fsp3) is 0.263. The van der Waals surface area contributed by atoms with Crippen molar-refractivity contribution in [1.29, 1.82) is 0 Å². The second-order valence-electron chi connectivity index (χ2n) is 5.85. The molecular weight excluding hydrogens is 368 g/mol. The van der Waals surface area contributed by atoms with Gasteiger partial charge in [0.2, 0.25) is 5.91 Å². The number of hydrogen-bond donors (Lipinski definition) is 2. The van der Waals surface area contributed by atoms with Crippen molar-refractivity contribution in [2.45, 2.75) is 32.9 Å². The number of carbonyl (C=O) groups is 2. The lowest BCUT2D eigenvalue weighted by Gasteiger charge is -2.19. The maximum atomic E-state index is 12.3. The Kier molecular flexibility index (Phi) is 6.15. The van der Waals surface area contributed by atoms with Gasteiger partial charge in [-0.05, 0) is 50.6 Å². The summed E-state index contributed by atoms with van der Waals surface area (Å²) in [6.07, 6.45) is 0. The number of amides is 2. The van der Waals surface area contributed by atoms with Crippen molar-refractivity contribution in [2.24, 2.45) is 0 Å². The summed E-state index contributed by atoms with van der Waals surface area (Å²) in [7, 11) is 0. The Morgan fingerprint density at radius 2 is 1.67 bits per heavy atom. The molecule has 2 aromatic rings. The topological polar surface area (TPSA) is 58.2 Å². The number of rotatable bonds is 5. The van der Waals surface area contributed by atoms with Gasteiger partial charge in [-0.15, -0.1) is 0 Å². The molecule has 0 saturated heterocycles. The lowest BCUT2D eigenvalue weighted by Crippen LogP contribution is -2.45. The minimum absolute atomic E-state index is 0.135. The minimum atomic E-state index is -0.615. The molecule has 0 bridgehead atoms. The molecule has 2 aromatic carbocycles. The van der Waals surface area contributed by atoms with Crippen LogP contribution in [0, 0.1) is 6.92 Å². The molecule has 0 aliphatic heterocycles. The van der Waals surface area contributed by atoms with E-state index in [9.17, 15) is 9.59 Å². The van der Waals surface area contributed by atoms with Crippen LogP contribution in [-0.4, -0.2) is 17.9 Å². The van der Waals surface area contributed by atoms with E-state index in [4.69, 9.17) is 0 Å². The second-order valence-corrected chi connectivity index (χ2v) is 6.76. The number of halogens is 1. The van der Waals surface area contributed by atoms with Crippen LogP contribution in [0.15, 0.2) is 53.0 Å². The zero-order chi connectivity index (χ0) is 17.7. The average Bonchev–Trinajstić information content (AvgIpc) is 2.55. The van der Waals surface area contributed by atoms with Crippen molar-refractivity contribution in [3.63, 3.8) is 0 Å². The largest absolute Gasteiger partial charge is 0.348 e. The van der Waals surface area contributed by atoms with Crippen LogP contribution in [0.1, 0.15) is 41.4 Å². The number of aryl methyl sites for hydroxylation is 1. The van der Waals surface area contributed by atoms with Gasteiger partial charge in [-0.1, -0.05) is 45.8 Å². The van der Waals surface area contributed by atoms with Gasteiger partial charge < -0.3 is 10.6 Å². The van der Waals surface area contributed by atoms with Gasteiger partial charge in [0.25, 0.3) is 5.91 Å². The zero-order valence-corrected chi connectivity index (χ0v) is 15.6. The molecule has 2 atom stereocenters. The highest BCUT2D eigenvalue weighted by Crippen LogP contribution is 2.16. The smallest absolute Gasteiger partial charge is 0.251 e. The molecule has 0 heterocycles. The predicted molar refractivity (Wildman–Crippen MR) is 98.8 cm³/mol. The fourth-order valence-corrected chi connectivity index (χ4v) is 2.57. The van der Waals surface area contributed by atoms with E-state index in [2.05, 4.69) is 26.6 Å². The number of hydrogen-bond acceptors (Lipinski definition) is 2. The normalized spacial score (nSPS) is 13.0. The quantitative estimate of drug-likeness (QED) is 0.818. The minimum Gasteiger partial charge on any atom is -0.348 e. The van der Waals surface area contributed by atoms with Gasteiger partial charge in [0.15, 0.2) is 0 Å². The van der Waals surface area contributed by atoms with Crippen LogP contribution in [0.2, 0.25) is 0 Å². The van der Waals surface area contributed by atoms with Crippen molar-refractivity contribution in [3.8, 4) is 0 Å². The molecule has 2 unspecified atom stereocenters. The van der Waals surface area contributed by atoms with Crippen LogP contribution in [0.5, 0.6) is 0 Å². The van der Waals surface area contributed by atoms with Gasteiger partial charge in [0.05, 0.1) is 6.04 Å². The van der Waals surface area contributed by atoms with Crippen LogP contribution >= 0.6 is 15.9 Å². The molecule has 0 spiro atoms. The van der Waals surface area contributed by atoms with Crippen LogP contribution in [0.3, 0.4) is 0 Å². The van der Waals surface area contributed by atoms with Gasteiger partial charge in [-0.3, -0.25) is 9.59 Å². The monoisotopic (exact) mass is 388 g/mol. The Labute approximate surface area is 150 Å². The first kappa shape index (κ1) is 18.2. The molecule has 2 amide bonds. The summed E-state index contributed by atoms with van der Waals surface area (Å²) in [5.74, 6) is -0.468. The molecule has 5 heteroatoms. The Morgan fingerprint density at radius 3 is 2.29 bits per heavy atom. The molecule has 0 fully saturated rings. The number of carbonyl (C=O) groups excluding carboxylic acids is 2. The SMILES string of the molecule is Cc1cccc(C(=O)NC(C)C(=O)NC(C)c2ccc(Br)cc2)c1. The first-order valence-electron chi connectivity index (χ1n) is 7.80. The molecule has 2 N–H and O–H groups in total. The number of benzene rings is 2. The van der Waals surface area contributed by atoms with E-state index in [0.717, 1.165) is 15.6 Å². The Bertz CT molecular complexity index is 728. The molecule has 126 valence electrons. The van der Waals surface area contributed by atoms with Gasteiger partial charge in [-0.25, -0.2) is 0 Å². The van der Waals surface area contributed by atoms with Crippen LogP contribution in [-0.2, 0) is 4.79 Å². The molecule has 0 aliphatic carbocycles. The van der Waals surface area contributed by atoms with Gasteiger partial charge in [0.1, 0.15) is 6.04 Å². The summed E-state index contributed by atoms with van der Waals surface area (Å²) >= 11 is 3.39. The van der Waals surface area contributed by atoms with E-state index in [1.54, 1.807) is 19.1 Å². The highest BCUT2D eigenvalue weighted by Gasteiger charge is 2.18. The summed E-state index contributed by atoms with van der Waals surface area (Å²) in [6, 6.07) is 14.3. The summed E-state index contributed by atoms with van der Waals surface area (Å²) in [6.45, 7) is 5.51. The molecular formula is C19H21BrN2O2. The third-order valence-corrected chi connectivity index (χ3v) is 4.28. The van der Waals surface area contributed by atoms with Gasteiger partial charge in [-0.2, -0.15) is 0 Å². The van der Waals surface area contributed by atoms with Crippen LogP contribution < -0.4 is 10.6 Å². The van der Waals surface area contributed by atoms with E-state index in [0.29, 0.717) is 5.56 Å². The molecule has 4 nitrogen and oxygen atoms in total. The van der Waals surface area contributed by atoms with Gasteiger partial charge >= 0.3 is 0 Å². The highest BCUT2D eigenvalue weighted by molar-refractivity contribution is 9.10. The first-order chi connectivity index (χ1) is 11.4. The zero-order valence-electron chi connectivity index (χ0n) is 14.0. The van der Waals surface area contributed by atoms with Crippen molar-refractivity contribution in [3.05, 3.63) is 69.7 Å². The van der Waals surface area contributed by atoms with Crippen molar-refractivity contribution >= 4 is 27.7 Å². The highest BCUT2D eigenvalue weighted by atomic mass is 79.9. The van der Waals surface area contributed by atoms with Crippen LogP contribution in [0.25, 0.3) is 0 Å². The number of nitrogens with one attached hydrogen (secondary N) is 2. The molecule has 0 aliphatic rings. The predicted octanol–water partition coefficient (Wildman–Crippen LogP) is 3.75. The van der Waals surface area contributed by atoms with E-state index in [1.807, 2.05) is 50.2 Å². The third kappa shape index (κ3) is 4.93. The molecule has 24 heavy (non-hydrogen) atoms. The van der Waals surface area contributed by atoms with Gasteiger partial charge in [0, 0.05) is 10.0 Å². The lowest BCUT2D eigenvalue weighted by molar-refractivity contribution is -0.123. The van der Waals surface area contributed by atoms with Crippen molar-refractivity contribution < 1.29 is 9.59 Å². The van der Waals surface area contributed by atoms with Crippen LogP contribution in [0.4, 0.5) is 0 Å². The summed E-state index contributed by atoms with van der Waals surface area (Å²) in [5, 5.41) is 5.65. The molecule has 0 aromatic heterocycles. The average molecular weight is 389 g/mol. The van der Waals surface area contributed by atoms with Crippen molar-refractivity contribution in [2.75, 3.05) is 0 Å². The van der Waals surface area contributed by atoms with Crippen molar-refractivity contribution in [1.82, 2.24) is 10.6 Å². The molecule has 2 rings (SSSR count). The van der Waals surface area contributed by atoms with E-state index >= 15 is 0 Å². The Morgan fingerprint density at radius 1 is 1.00 bits per heavy atom. The second kappa shape index (κ2) is 8.11. The standard InChI is InChI=1S/C19H21BrN2O2/c1-12-5-4-6-16(11-12)19(24)22-14(3)18(23)21-13(2)15-7-9-17(20)10-8-15/h4-11,13-14H,1-3H3,(H,21,23)(H,22,24). The van der Waals surface area contributed by atoms with E-state index in [1.165, 1.54) is 0 Å². The summed E-state index contributed by atoms with van der Waals surface area (Å²) < 4.78 is 0.989. The lowest BCUT2D eigenvalue weighted by atomic mass is 10.1. The fourth-order valence-electron chi connectivity index (χ4n) is 2.31. The first-order valence-corrected chi connectivity index (χ1v) is 8.59. The maximum absolute atomic E-state index is 12.3. The Hall–Kier alpha value is -2.14. The van der Waals surface area contributed by atoms with E-state index < -0.39 is 6.04 Å². The van der Waals surface area contributed by atoms with E-state index in [-0.39, 0.29) is 17.9 Å². The molecule has 0 saturated carbocycles. The third-order valence-electron chi connectivity index (χ3n) is 3.75. The summed E-state index contributed by atoms with van der Waals surface area (Å²) in [4.78, 5) is 24.5.